The highest BCUT2D eigenvalue weighted by atomic mass is 32.1. The zero-order chi connectivity index (χ0) is 12.4. The van der Waals surface area contributed by atoms with Crippen LogP contribution in [0.4, 0.5) is 0 Å². The molecule has 0 spiro atoms. The van der Waals surface area contributed by atoms with Gasteiger partial charge in [-0.15, -0.1) is 11.3 Å². The second-order valence-corrected chi connectivity index (χ2v) is 6.66. The van der Waals surface area contributed by atoms with E-state index in [1.807, 2.05) is 11.3 Å². The lowest BCUT2D eigenvalue weighted by atomic mass is 10.0. The Hall–Kier alpha value is -0.380. The SMILES string of the molecule is CCCN(C1CCNC1)C(c1cccs1)C1CC1. The molecule has 2 atom stereocenters. The fourth-order valence-electron chi connectivity index (χ4n) is 3.27. The van der Waals surface area contributed by atoms with Crippen LogP contribution in [0.2, 0.25) is 0 Å². The second-order valence-electron chi connectivity index (χ2n) is 5.68. The molecule has 1 aliphatic heterocycles. The molecule has 1 aliphatic carbocycles. The van der Waals surface area contributed by atoms with E-state index < -0.39 is 0 Å². The summed E-state index contributed by atoms with van der Waals surface area (Å²) in [7, 11) is 0. The van der Waals surface area contributed by atoms with Crippen LogP contribution in [0, 0.1) is 5.92 Å². The molecule has 0 aromatic carbocycles. The summed E-state index contributed by atoms with van der Waals surface area (Å²) in [6.45, 7) is 5.96. The number of thiophene rings is 1. The summed E-state index contributed by atoms with van der Waals surface area (Å²) in [5, 5.41) is 5.77. The fraction of sp³-hybridized carbons (Fsp3) is 0.733. The van der Waals surface area contributed by atoms with E-state index in [-0.39, 0.29) is 0 Å². The summed E-state index contributed by atoms with van der Waals surface area (Å²) in [6.07, 6.45) is 5.46. The highest BCUT2D eigenvalue weighted by molar-refractivity contribution is 7.10. The number of nitrogens with zero attached hydrogens (tertiary/aromatic N) is 1. The maximum atomic E-state index is 3.53. The van der Waals surface area contributed by atoms with Crippen molar-refractivity contribution in [3.05, 3.63) is 22.4 Å². The summed E-state index contributed by atoms with van der Waals surface area (Å²) in [4.78, 5) is 4.40. The van der Waals surface area contributed by atoms with Crippen LogP contribution in [0.15, 0.2) is 17.5 Å². The standard InChI is InChI=1S/C15H24N2S/c1-2-9-17(13-7-8-16-11-13)15(12-5-6-12)14-4-3-10-18-14/h3-4,10,12-13,15-16H,2,5-9,11H2,1H3. The van der Waals surface area contributed by atoms with Crippen molar-refractivity contribution in [2.75, 3.05) is 19.6 Å². The maximum absolute atomic E-state index is 3.53. The largest absolute Gasteiger partial charge is 0.315 e. The maximum Gasteiger partial charge on any atom is 0.0473 e. The van der Waals surface area contributed by atoms with Crippen molar-refractivity contribution in [2.24, 2.45) is 5.92 Å². The zero-order valence-electron chi connectivity index (χ0n) is 11.3. The number of rotatable bonds is 6. The first kappa shape index (κ1) is 12.6. The van der Waals surface area contributed by atoms with Crippen LogP contribution in [0.1, 0.15) is 43.5 Å². The first-order chi connectivity index (χ1) is 8.90. The van der Waals surface area contributed by atoms with Crippen molar-refractivity contribution in [3.63, 3.8) is 0 Å². The van der Waals surface area contributed by atoms with Crippen molar-refractivity contribution in [1.82, 2.24) is 10.2 Å². The monoisotopic (exact) mass is 264 g/mol. The Morgan fingerprint density at radius 3 is 2.89 bits per heavy atom. The minimum Gasteiger partial charge on any atom is -0.315 e. The molecule has 0 amide bonds. The van der Waals surface area contributed by atoms with Gasteiger partial charge in [0, 0.05) is 23.5 Å². The molecule has 0 radical (unpaired) electrons. The second kappa shape index (κ2) is 5.72. The Kier molecular flexibility index (Phi) is 4.02. The Morgan fingerprint density at radius 2 is 2.33 bits per heavy atom. The van der Waals surface area contributed by atoms with E-state index in [2.05, 4.69) is 34.7 Å². The van der Waals surface area contributed by atoms with E-state index in [4.69, 9.17) is 0 Å². The van der Waals surface area contributed by atoms with Gasteiger partial charge in [-0.05, 0) is 56.1 Å². The van der Waals surface area contributed by atoms with Crippen molar-refractivity contribution in [1.29, 1.82) is 0 Å². The molecule has 2 unspecified atom stereocenters. The first-order valence-corrected chi connectivity index (χ1v) is 8.28. The quantitative estimate of drug-likeness (QED) is 0.848. The Bertz CT molecular complexity index is 353. The third-order valence-corrected chi connectivity index (χ3v) is 5.19. The summed E-state index contributed by atoms with van der Waals surface area (Å²) in [6, 6.07) is 6.03. The average molecular weight is 264 g/mol. The van der Waals surface area contributed by atoms with E-state index in [9.17, 15) is 0 Å². The Labute approximate surface area is 114 Å². The van der Waals surface area contributed by atoms with Gasteiger partial charge in [-0.1, -0.05) is 13.0 Å². The zero-order valence-corrected chi connectivity index (χ0v) is 12.1. The molecule has 2 heterocycles. The normalized spacial score (nSPS) is 25.8. The molecule has 1 aromatic heterocycles. The molecule has 3 heteroatoms. The average Bonchev–Trinajstić information content (AvgIpc) is 2.87. The van der Waals surface area contributed by atoms with Crippen LogP contribution < -0.4 is 5.32 Å². The summed E-state index contributed by atoms with van der Waals surface area (Å²) >= 11 is 1.95. The van der Waals surface area contributed by atoms with Crippen LogP contribution in [-0.4, -0.2) is 30.6 Å². The topological polar surface area (TPSA) is 15.3 Å². The van der Waals surface area contributed by atoms with Gasteiger partial charge in [0.2, 0.25) is 0 Å². The third kappa shape index (κ3) is 2.63. The van der Waals surface area contributed by atoms with Crippen LogP contribution in [-0.2, 0) is 0 Å². The molecule has 1 aromatic rings. The molecular weight excluding hydrogens is 240 g/mol. The van der Waals surface area contributed by atoms with E-state index in [0.717, 1.165) is 12.0 Å². The van der Waals surface area contributed by atoms with Gasteiger partial charge in [0.25, 0.3) is 0 Å². The molecule has 1 saturated heterocycles. The van der Waals surface area contributed by atoms with Gasteiger partial charge in [-0.25, -0.2) is 0 Å². The predicted octanol–water partition coefficient (Wildman–Crippen LogP) is 3.27. The highest BCUT2D eigenvalue weighted by Gasteiger charge is 2.39. The van der Waals surface area contributed by atoms with Crippen LogP contribution >= 0.6 is 11.3 Å². The first-order valence-electron chi connectivity index (χ1n) is 7.40. The van der Waals surface area contributed by atoms with Gasteiger partial charge < -0.3 is 5.32 Å². The number of nitrogens with one attached hydrogen (secondary N) is 1. The molecule has 2 nitrogen and oxygen atoms in total. The lowest BCUT2D eigenvalue weighted by Crippen LogP contribution is -2.41. The van der Waals surface area contributed by atoms with Crippen LogP contribution in [0.5, 0.6) is 0 Å². The van der Waals surface area contributed by atoms with Gasteiger partial charge in [0.1, 0.15) is 0 Å². The smallest absolute Gasteiger partial charge is 0.0473 e. The lowest BCUT2D eigenvalue weighted by Gasteiger charge is -2.36. The Balaban J connectivity index is 1.80. The number of hydrogen-bond donors (Lipinski definition) is 1. The highest BCUT2D eigenvalue weighted by Crippen LogP contribution is 2.46. The molecule has 2 fully saturated rings. The minimum absolute atomic E-state index is 0.704. The molecule has 3 rings (SSSR count). The molecule has 1 N–H and O–H groups in total. The van der Waals surface area contributed by atoms with Gasteiger partial charge in [-0.3, -0.25) is 4.90 Å². The fourth-order valence-corrected chi connectivity index (χ4v) is 4.21. The van der Waals surface area contributed by atoms with Crippen LogP contribution in [0.3, 0.4) is 0 Å². The van der Waals surface area contributed by atoms with Gasteiger partial charge >= 0.3 is 0 Å². The number of hydrogen-bond acceptors (Lipinski definition) is 3. The molecule has 18 heavy (non-hydrogen) atoms. The molecule has 2 aliphatic rings. The van der Waals surface area contributed by atoms with Crippen molar-refractivity contribution < 1.29 is 0 Å². The van der Waals surface area contributed by atoms with Crippen molar-refractivity contribution in [3.8, 4) is 0 Å². The van der Waals surface area contributed by atoms with Crippen molar-refractivity contribution >= 4 is 11.3 Å². The summed E-state index contributed by atoms with van der Waals surface area (Å²) in [5.41, 5.74) is 0. The Morgan fingerprint density at radius 1 is 1.44 bits per heavy atom. The van der Waals surface area contributed by atoms with Gasteiger partial charge in [0.15, 0.2) is 0 Å². The molecule has 0 bridgehead atoms. The minimum atomic E-state index is 0.704. The predicted molar refractivity (Wildman–Crippen MR) is 78.1 cm³/mol. The van der Waals surface area contributed by atoms with E-state index in [1.165, 1.54) is 45.3 Å². The molecule has 1 saturated carbocycles. The van der Waals surface area contributed by atoms with Crippen LogP contribution in [0.25, 0.3) is 0 Å². The molecular formula is C15H24N2S. The van der Waals surface area contributed by atoms with Gasteiger partial charge in [0.05, 0.1) is 0 Å². The van der Waals surface area contributed by atoms with Crippen molar-refractivity contribution in [2.45, 2.75) is 44.7 Å². The molecule has 100 valence electrons. The van der Waals surface area contributed by atoms with E-state index in [1.54, 1.807) is 4.88 Å². The summed E-state index contributed by atoms with van der Waals surface area (Å²) in [5.74, 6) is 0.927. The van der Waals surface area contributed by atoms with E-state index >= 15 is 0 Å². The lowest BCUT2D eigenvalue weighted by molar-refractivity contribution is 0.128. The van der Waals surface area contributed by atoms with E-state index in [0.29, 0.717) is 6.04 Å². The third-order valence-electron chi connectivity index (χ3n) is 4.25. The van der Waals surface area contributed by atoms with Gasteiger partial charge in [-0.2, -0.15) is 0 Å². The summed E-state index contributed by atoms with van der Waals surface area (Å²) < 4.78 is 0.